The average molecular weight is 365 g/mol. The predicted molar refractivity (Wildman–Crippen MR) is 93.5 cm³/mol. The van der Waals surface area contributed by atoms with Crippen LogP contribution in [-0.2, 0) is 11.3 Å². The van der Waals surface area contributed by atoms with E-state index in [9.17, 15) is 18.4 Å². The van der Waals surface area contributed by atoms with Crippen molar-refractivity contribution < 1.29 is 18.4 Å². The number of halogens is 2. The first-order valence-corrected chi connectivity index (χ1v) is 9.23. The van der Waals surface area contributed by atoms with Crippen LogP contribution in [0.3, 0.4) is 0 Å². The summed E-state index contributed by atoms with van der Waals surface area (Å²) in [6.07, 6.45) is 5.57. The van der Waals surface area contributed by atoms with Crippen LogP contribution < -0.4 is 5.32 Å². The first-order valence-electron chi connectivity index (χ1n) is 9.23. The molecule has 1 N–H and O–H groups in total. The Morgan fingerprint density at radius 1 is 1.19 bits per heavy atom. The zero-order valence-corrected chi connectivity index (χ0v) is 15.1. The van der Waals surface area contributed by atoms with Gasteiger partial charge in [-0.3, -0.25) is 4.79 Å². The van der Waals surface area contributed by atoms with E-state index in [1.807, 2.05) is 4.90 Å². The lowest BCUT2D eigenvalue weighted by atomic mass is 9.93. The Hall–Kier alpha value is -2.18. The fourth-order valence-corrected chi connectivity index (χ4v) is 3.79. The molecule has 26 heavy (non-hydrogen) atoms. The fraction of sp³-hybridized carbons (Fsp3) is 0.579. The highest BCUT2D eigenvalue weighted by atomic mass is 19.1. The Balaban J connectivity index is 1.55. The number of piperazine rings is 1. The number of aryl methyl sites for hydroxylation is 1. The van der Waals surface area contributed by atoms with Crippen LogP contribution in [0.5, 0.6) is 0 Å². The molecule has 1 heterocycles. The SMILES string of the molecule is Cc1ccc(F)c(CNC(=O)N2CCN(C3CCCCC3)C(=O)C2)c1F. The number of rotatable bonds is 3. The first kappa shape index (κ1) is 18.6. The fourth-order valence-electron chi connectivity index (χ4n) is 3.79. The minimum atomic E-state index is -0.688. The number of hydrogen-bond donors (Lipinski definition) is 1. The van der Waals surface area contributed by atoms with Gasteiger partial charge in [-0.2, -0.15) is 0 Å². The van der Waals surface area contributed by atoms with Crippen LogP contribution in [0.1, 0.15) is 43.2 Å². The molecule has 0 aromatic heterocycles. The van der Waals surface area contributed by atoms with E-state index in [-0.39, 0.29) is 30.6 Å². The number of carbonyl (C=O) groups is 2. The van der Waals surface area contributed by atoms with Crippen molar-refractivity contribution in [1.29, 1.82) is 0 Å². The number of benzene rings is 1. The second-order valence-corrected chi connectivity index (χ2v) is 7.12. The van der Waals surface area contributed by atoms with Gasteiger partial charge in [0.25, 0.3) is 0 Å². The quantitative estimate of drug-likeness (QED) is 0.895. The lowest BCUT2D eigenvalue weighted by Crippen LogP contribution is -2.57. The summed E-state index contributed by atoms with van der Waals surface area (Å²) in [4.78, 5) is 28.0. The van der Waals surface area contributed by atoms with Crippen molar-refractivity contribution in [3.05, 3.63) is 34.9 Å². The predicted octanol–water partition coefficient (Wildman–Crippen LogP) is 2.96. The third-order valence-electron chi connectivity index (χ3n) is 5.36. The molecule has 1 aliphatic carbocycles. The second-order valence-electron chi connectivity index (χ2n) is 7.12. The smallest absolute Gasteiger partial charge is 0.318 e. The van der Waals surface area contributed by atoms with Crippen LogP contribution in [0.15, 0.2) is 12.1 Å². The number of nitrogens with one attached hydrogen (secondary N) is 1. The molecule has 2 aliphatic rings. The van der Waals surface area contributed by atoms with E-state index in [0.29, 0.717) is 18.7 Å². The Labute approximate surface area is 152 Å². The van der Waals surface area contributed by atoms with Gasteiger partial charge in [0.05, 0.1) is 6.54 Å². The van der Waals surface area contributed by atoms with Gasteiger partial charge in [-0.1, -0.05) is 25.3 Å². The highest BCUT2D eigenvalue weighted by Gasteiger charge is 2.32. The summed E-state index contributed by atoms with van der Waals surface area (Å²) in [6, 6.07) is 2.37. The number of urea groups is 1. The molecular formula is C19H25F2N3O2. The summed E-state index contributed by atoms with van der Waals surface area (Å²) in [6.45, 7) is 2.27. The van der Waals surface area contributed by atoms with E-state index >= 15 is 0 Å². The molecule has 0 spiro atoms. The molecule has 1 aromatic carbocycles. The van der Waals surface area contributed by atoms with E-state index < -0.39 is 17.7 Å². The number of carbonyl (C=O) groups excluding carboxylic acids is 2. The maximum Gasteiger partial charge on any atom is 0.318 e. The van der Waals surface area contributed by atoms with E-state index in [4.69, 9.17) is 0 Å². The summed E-state index contributed by atoms with van der Waals surface area (Å²) in [5.74, 6) is -1.39. The van der Waals surface area contributed by atoms with Gasteiger partial charge in [0.15, 0.2) is 0 Å². The van der Waals surface area contributed by atoms with Crippen molar-refractivity contribution in [1.82, 2.24) is 15.1 Å². The molecule has 7 heteroatoms. The van der Waals surface area contributed by atoms with Gasteiger partial charge in [0.2, 0.25) is 5.91 Å². The Kier molecular flexibility index (Phi) is 5.74. The van der Waals surface area contributed by atoms with Crippen LogP contribution >= 0.6 is 0 Å². The molecule has 1 saturated heterocycles. The molecule has 0 atom stereocenters. The zero-order chi connectivity index (χ0) is 18.7. The van der Waals surface area contributed by atoms with Crippen molar-refractivity contribution in [3.63, 3.8) is 0 Å². The molecule has 5 nitrogen and oxygen atoms in total. The maximum absolute atomic E-state index is 14.0. The van der Waals surface area contributed by atoms with Crippen LogP contribution in [0, 0.1) is 18.6 Å². The Morgan fingerprint density at radius 3 is 2.62 bits per heavy atom. The topological polar surface area (TPSA) is 52.7 Å². The summed E-state index contributed by atoms with van der Waals surface area (Å²) < 4.78 is 27.8. The molecule has 3 rings (SSSR count). The van der Waals surface area contributed by atoms with E-state index in [1.165, 1.54) is 23.5 Å². The van der Waals surface area contributed by atoms with Gasteiger partial charge in [-0.05, 0) is 31.4 Å². The molecule has 1 aromatic rings. The minimum absolute atomic E-state index is 0.0150. The van der Waals surface area contributed by atoms with Crippen molar-refractivity contribution in [2.24, 2.45) is 0 Å². The van der Waals surface area contributed by atoms with Crippen molar-refractivity contribution in [3.8, 4) is 0 Å². The van der Waals surface area contributed by atoms with E-state index in [1.54, 1.807) is 6.92 Å². The lowest BCUT2D eigenvalue weighted by Gasteiger charge is -2.40. The second kappa shape index (κ2) is 8.01. The Bertz CT molecular complexity index is 690. The van der Waals surface area contributed by atoms with Gasteiger partial charge in [0.1, 0.15) is 18.2 Å². The monoisotopic (exact) mass is 365 g/mol. The van der Waals surface area contributed by atoms with Gasteiger partial charge in [-0.25, -0.2) is 13.6 Å². The molecule has 0 radical (unpaired) electrons. The normalized spacial score (nSPS) is 19.0. The summed E-state index contributed by atoms with van der Waals surface area (Å²) in [5.41, 5.74) is 0.164. The van der Waals surface area contributed by atoms with Gasteiger partial charge in [-0.15, -0.1) is 0 Å². The third kappa shape index (κ3) is 3.97. The van der Waals surface area contributed by atoms with E-state index in [2.05, 4.69) is 5.32 Å². The van der Waals surface area contributed by atoms with E-state index in [0.717, 1.165) is 25.7 Å². The van der Waals surface area contributed by atoms with Crippen LogP contribution in [0.25, 0.3) is 0 Å². The zero-order valence-electron chi connectivity index (χ0n) is 15.1. The van der Waals surface area contributed by atoms with Crippen molar-refractivity contribution >= 4 is 11.9 Å². The Morgan fingerprint density at radius 2 is 1.92 bits per heavy atom. The van der Waals surface area contributed by atoms with Gasteiger partial charge < -0.3 is 15.1 Å². The summed E-state index contributed by atoms with van der Waals surface area (Å²) >= 11 is 0. The molecule has 1 saturated carbocycles. The largest absolute Gasteiger partial charge is 0.336 e. The summed E-state index contributed by atoms with van der Waals surface area (Å²) in [5, 5.41) is 2.53. The molecule has 1 aliphatic heterocycles. The molecule has 142 valence electrons. The molecule has 0 unspecified atom stereocenters. The number of hydrogen-bond acceptors (Lipinski definition) is 2. The molecule has 2 fully saturated rings. The molecule has 0 bridgehead atoms. The minimum Gasteiger partial charge on any atom is -0.336 e. The van der Waals surface area contributed by atoms with Crippen molar-refractivity contribution in [2.45, 2.75) is 51.6 Å². The molecule has 3 amide bonds. The number of amides is 3. The van der Waals surface area contributed by atoms with Crippen LogP contribution in [-0.4, -0.2) is 47.4 Å². The van der Waals surface area contributed by atoms with Crippen molar-refractivity contribution in [2.75, 3.05) is 19.6 Å². The van der Waals surface area contributed by atoms with Gasteiger partial charge in [0, 0.05) is 24.7 Å². The van der Waals surface area contributed by atoms with Gasteiger partial charge >= 0.3 is 6.03 Å². The van der Waals surface area contributed by atoms with Crippen LogP contribution in [0.4, 0.5) is 13.6 Å². The first-order chi connectivity index (χ1) is 12.5. The standard InChI is InChI=1S/C19H25F2N3O2/c1-13-7-8-16(20)15(18(13)21)11-22-19(26)23-9-10-24(17(25)12-23)14-5-3-2-4-6-14/h7-8,14H,2-6,9-12H2,1H3,(H,22,26). The lowest BCUT2D eigenvalue weighted by molar-refractivity contribution is -0.138. The van der Waals surface area contributed by atoms with Crippen LogP contribution in [0.2, 0.25) is 0 Å². The maximum atomic E-state index is 14.0. The number of nitrogens with zero attached hydrogens (tertiary/aromatic N) is 2. The highest BCUT2D eigenvalue weighted by molar-refractivity contribution is 5.85. The average Bonchev–Trinajstić information content (AvgIpc) is 2.65. The highest BCUT2D eigenvalue weighted by Crippen LogP contribution is 2.24. The third-order valence-corrected chi connectivity index (χ3v) is 5.36. The summed E-state index contributed by atoms with van der Waals surface area (Å²) in [7, 11) is 0. The molecular weight excluding hydrogens is 340 g/mol.